The second kappa shape index (κ2) is 5.43. The van der Waals surface area contributed by atoms with Crippen LogP contribution in [0.25, 0.3) is 0 Å². The molecule has 0 aromatic carbocycles. The minimum Gasteiger partial charge on any atom is -0.393 e. The highest BCUT2D eigenvalue weighted by Crippen LogP contribution is 2.28. The Kier molecular flexibility index (Phi) is 4.03. The SMILES string of the molecule is Cc1cc(C(F)(F)F)nn1CC(=O)N1CCC(O)CC1. The number of rotatable bonds is 2. The molecule has 0 spiro atoms. The van der Waals surface area contributed by atoms with Crippen LogP contribution in [0.1, 0.15) is 24.2 Å². The maximum absolute atomic E-state index is 12.5. The van der Waals surface area contributed by atoms with E-state index in [1.807, 2.05) is 0 Å². The van der Waals surface area contributed by atoms with Crippen LogP contribution in [0.3, 0.4) is 0 Å². The number of nitrogens with zero attached hydrogens (tertiary/aromatic N) is 3. The molecule has 1 aliphatic rings. The molecule has 0 atom stereocenters. The van der Waals surface area contributed by atoms with Crippen LogP contribution in [0, 0.1) is 6.92 Å². The minimum absolute atomic E-state index is 0.210. The van der Waals surface area contributed by atoms with E-state index in [4.69, 9.17) is 0 Å². The van der Waals surface area contributed by atoms with Crippen molar-refractivity contribution < 1.29 is 23.1 Å². The molecule has 0 unspecified atom stereocenters. The Morgan fingerprint density at radius 3 is 2.55 bits per heavy atom. The molecule has 0 aliphatic carbocycles. The second-order valence-electron chi connectivity index (χ2n) is 4.94. The van der Waals surface area contributed by atoms with Crippen LogP contribution in [-0.4, -0.2) is 44.9 Å². The van der Waals surface area contributed by atoms with Crippen LogP contribution in [0.2, 0.25) is 0 Å². The van der Waals surface area contributed by atoms with Crippen LogP contribution in [-0.2, 0) is 17.5 Å². The van der Waals surface area contributed by atoms with Crippen molar-refractivity contribution in [3.8, 4) is 0 Å². The molecule has 2 heterocycles. The summed E-state index contributed by atoms with van der Waals surface area (Å²) in [4.78, 5) is 13.5. The lowest BCUT2D eigenvalue weighted by Crippen LogP contribution is -2.41. The lowest BCUT2D eigenvalue weighted by molar-refractivity contribution is -0.142. The van der Waals surface area contributed by atoms with Gasteiger partial charge in [0.15, 0.2) is 5.69 Å². The number of amides is 1. The fourth-order valence-electron chi connectivity index (χ4n) is 2.15. The normalized spacial score (nSPS) is 17.6. The molecule has 0 bridgehead atoms. The molecule has 0 saturated carbocycles. The average molecular weight is 291 g/mol. The number of carbonyl (C=O) groups excluding carboxylic acids is 1. The molecule has 1 amide bonds. The van der Waals surface area contributed by atoms with Crippen LogP contribution in [0.5, 0.6) is 0 Å². The van der Waals surface area contributed by atoms with Crippen molar-refractivity contribution in [1.82, 2.24) is 14.7 Å². The monoisotopic (exact) mass is 291 g/mol. The van der Waals surface area contributed by atoms with Gasteiger partial charge in [0, 0.05) is 18.8 Å². The molecule has 1 N–H and O–H groups in total. The minimum atomic E-state index is -4.51. The first-order valence-electron chi connectivity index (χ1n) is 6.35. The lowest BCUT2D eigenvalue weighted by Gasteiger charge is -2.29. The number of aromatic nitrogens is 2. The molecule has 1 saturated heterocycles. The topological polar surface area (TPSA) is 58.4 Å². The molecule has 112 valence electrons. The third-order valence-electron chi connectivity index (χ3n) is 3.37. The van der Waals surface area contributed by atoms with Crippen LogP contribution >= 0.6 is 0 Å². The van der Waals surface area contributed by atoms with E-state index in [1.165, 1.54) is 6.92 Å². The molecule has 2 rings (SSSR count). The van der Waals surface area contributed by atoms with E-state index in [0.29, 0.717) is 31.6 Å². The Balaban J connectivity index is 2.03. The number of aliphatic hydroxyl groups is 1. The highest BCUT2D eigenvalue weighted by atomic mass is 19.4. The fraction of sp³-hybridized carbons (Fsp3) is 0.667. The number of halogens is 3. The van der Waals surface area contributed by atoms with Gasteiger partial charge in [0.2, 0.25) is 5.91 Å². The third kappa shape index (κ3) is 3.30. The van der Waals surface area contributed by atoms with Crippen LogP contribution in [0.4, 0.5) is 13.2 Å². The van der Waals surface area contributed by atoms with Gasteiger partial charge >= 0.3 is 6.18 Å². The molecule has 1 aliphatic heterocycles. The maximum atomic E-state index is 12.5. The summed E-state index contributed by atoms with van der Waals surface area (Å²) in [5.41, 5.74) is -0.695. The first-order valence-corrected chi connectivity index (χ1v) is 6.35. The van der Waals surface area contributed by atoms with Crippen molar-refractivity contribution in [2.45, 2.75) is 38.6 Å². The maximum Gasteiger partial charge on any atom is 0.435 e. The van der Waals surface area contributed by atoms with Gasteiger partial charge in [-0.15, -0.1) is 0 Å². The zero-order valence-corrected chi connectivity index (χ0v) is 11.0. The summed E-state index contributed by atoms with van der Waals surface area (Å²) in [6, 6.07) is 0.924. The van der Waals surface area contributed by atoms with Crippen molar-refractivity contribution in [3.63, 3.8) is 0 Å². The van der Waals surface area contributed by atoms with Crippen molar-refractivity contribution in [2.75, 3.05) is 13.1 Å². The highest BCUT2D eigenvalue weighted by Gasteiger charge is 2.34. The van der Waals surface area contributed by atoms with Gasteiger partial charge < -0.3 is 10.0 Å². The van der Waals surface area contributed by atoms with Crippen LogP contribution in [0.15, 0.2) is 6.07 Å². The molecule has 8 heteroatoms. The van der Waals surface area contributed by atoms with Gasteiger partial charge in [0.1, 0.15) is 6.54 Å². The third-order valence-corrected chi connectivity index (χ3v) is 3.37. The Hall–Kier alpha value is -1.57. The van der Waals surface area contributed by atoms with Crippen molar-refractivity contribution in [1.29, 1.82) is 0 Å². The molecule has 0 radical (unpaired) electrons. The first kappa shape index (κ1) is 14.8. The van der Waals surface area contributed by atoms with E-state index in [9.17, 15) is 23.1 Å². The smallest absolute Gasteiger partial charge is 0.393 e. The summed E-state index contributed by atoms with van der Waals surface area (Å²) in [7, 11) is 0. The number of aryl methyl sites for hydroxylation is 1. The largest absolute Gasteiger partial charge is 0.435 e. The quantitative estimate of drug-likeness (QED) is 0.890. The van der Waals surface area contributed by atoms with E-state index in [-0.39, 0.29) is 12.5 Å². The van der Waals surface area contributed by atoms with Crippen molar-refractivity contribution in [3.05, 3.63) is 17.5 Å². The van der Waals surface area contributed by atoms with Gasteiger partial charge in [0.05, 0.1) is 6.10 Å². The van der Waals surface area contributed by atoms with Crippen molar-refractivity contribution in [2.24, 2.45) is 0 Å². The number of hydrogen-bond acceptors (Lipinski definition) is 3. The van der Waals surface area contributed by atoms with Crippen LogP contribution < -0.4 is 0 Å². The summed E-state index contributed by atoms with van der Waals surface area (Å²) in [5, 5.41) is 12.8. The highest BCUT2D eigenvalue weighted by molar-refractivity contribution is 5.76. The van der Waals surface area contributed by atoms with Gasteiger partial charge in [-0.1, -0.05) is 0 Å². The average Bonchev–Trinajstić information content (AvgIpc) is 2.71. The molecule has 1 fully saturated rings. The summed E-state index contributed by atoms with van der Waals surface area (Å²) < 4.78 is 38.6. The van der Waals surface area contributed by atoms with Gasteiger partial charge in [-0.2, -0.15) is 18.3 Å². The zero-order valence-electron chi connectivity index (χ0n) is 11.0. The fourth-order valence-corrected chi connectivity index (χ4v) is 2.15. The summed E-state index contributed by atoms with van der Waals surface area (Å²) in [6.45, 7) is 2.12. The molecule has 20 heavy (non-hydrogen) atoms. The van der Waals surface area contributed by atoms with Gasteiger partial charge in [-0.3, -0.25) is 9.48 Å². The summed E-state index contributed by atoms with van der Waals surface area (Å²) in [5.74, 6) is -0.281. The number of likely N-dealkylation sites (tertiary alicyclic amines) is 1. The standard InChI is InChI=1S/C12H16F3N3O2/c1-8-6-10(12(13,14)15)16-18(8)7-11(20)17-4-2-9(19)3-5-17/h6,9,19H,2-5,7H2,1H3. The molecule has 1 aromatic rings. The van der Waals surface area contributed by atoms with E-state index < -0.39 is 18.0 Å². The Morgan fingerprint density at radius 1 is 1.45 bits per heavy atom. The predicted octanol–water partition coefficient (Wildman–Crippen LogP) is 1.19. The number of aliphatic hydroxyl groups excluding tert-OH is 1. The summed E-state index contributed by atoms with van der Waals surface area (Å²) in [6.07, 6.45) is -3.91. The zero-order chi connectivity index (χ0) is 14.9. The first-order chi connectivity index (χ1) is 9.27. The van der Waals surface area contributed by atoms with E-state index in [1.54, 1.807) is 4.90 Å². The molecular weight excluding hydrogens is 275 g/mol. The van der Waals surface area contributed by atoms with Gasteiger partial charge in [0.25, 0.3) is 0 Å². The Morgan fingerprint density at radius 2 is 2.05 bits per heavy atom. The van der Waals surface area contributed by atoms with Gasteiger partial charge in [-0.05, 0) is 25.8 Å². The summed E-state index contributed by atoms with van der Waals surface area (Å²) >= 11 is 0. The number of hydrogen-bond donors (Lipinski definition) is 1. The predicted molar refractivity (Wildman–Crippen MR) is 63.8 cm³/mol. The second-order valence-corrected chi connectivity index (χ2v) is 4.94. The molecule has 1 aromatic heterocycles. The van der Waals surface area contributed by atoms with E-state index in [2.05, 4.69) is 5.10 Å². The molecule has 5 nitrogen and oxygen atoms in total. The van der Waals surface area contributed by atoms with E-state index in [0.717, 1.165) is 10.7 Å². The Labute approximate surface area is 114 Å². The van der Waals surface area contributed by atoms with E-state index >= 15 is 0 Å². The molecular formula is C12H16F3N3O2. The Bertz CT molecular complexity index is 491. The van der Waals surface area contributed by atoms with Gasteiger partial charge in [-0.25, -0.2) is 0 Å². The van der Waals surface area contributed by atoms with Crippen molar-refractivity contribution >= 4 is 5.91 Å². The number of carbonyl (C=O) groups is 1. The lowest BCUT2D eigenvalue weighted by atomic mass is 10.1. The number of piperidine rings is 1. The number of alkyl halides is 3.